The van der Waals surface area contributed by atoms with E-state index in [0.29, 0.717) is 36.6 Å². The normalized spacial score (nSPS) is 18.7. The summed E-state index contributed by atoms with van der Waals surface area (Å²) in [4.78, 5) is 27.5. The molecule has 0 saturated heterocycles. The highest BCUT2D eigenvalue weighted by Gasteiger charge is 2.60. The molecule has 9 heteroatoms. The highest BCUT2D eigenvalue weighted by atomic mass is 32.2. The van der Waals surface area contributed by atoms with Gasteiger partial charge in [0.2, 0.25) is 0 Å². The third kappa shape index (κ3) is 2.49. The van der Waals surface area contributed by atoms with Crippen LogP contribution in [0.4, 0.5) is 0 Å². The predicted molar refractivity (Wildman–Crippen MR) is 93.3 cm³/mol. The van der Waals surface area contributed by atoms with E-state index in [4.69, 9.17) is 9.84 Å². The predicted octanol–water partition coefficient (Wildman–Crippen LogP) is 1.12. The minimum atomic E-state index is -3.21. The molecule has 2 aliphatic rings. The van der Waals surface area contributed by atoms with Gasteiger partial charge in [-0.05, 0) is 31.7 Å². The van der Waals surface area contributed by atoms with Gasteiger partial charge in [0.05, 0.1) is 17.0 Å². The molecule has 0 atom stereocenters. The molecule has 0 spiro atoms. The molecule has 0 amide bonds. The minimum absolute atomic E-state index is 0.0154. The summed E-state index contributed by atoms with van der Waals surface area (Å²) in [5.74, 6) is -1.04. The fourth-order valence-corrected chi connectivity index (χ4v) is 5.62. The van der Waals surface area contributed by atoms with Crippen LogP contribution in [0.25, 0.3) is 10.9 Å². The number of carbonyl (C=O) groups is 1. The first-order valence-corrected chi connectivity index (χ1v) is 9.89. The van der Waals surface area contributed by atoms with Gasteiger partial charge in [0, 0.05) is 18.6 Å². The van der Waals surface area contributed by atoms with Crippen molar-refractivity contribution in [3.05, 3.63) is 34.4 Å². The van der Waals surface area contributed by atoms with Crippen LogP contribution in [0.15, 0.2) is 23.3 Å². The molecule has 0 aliphatic heterocycles. The molecule has 2 heterocycles. The van der Waals surface area contributed by atoms with Gasteiger partial charge in [-0.1, -0.05) is 0 Å². The van der Waals surface area contributed by atoms with Crippen LogP contribution in [0.5, 0.6) is 5.75 Å². The summed E-state index contributed by atoms with van der Waals surface area (Å²) >= 11 is 0. The third-order valence-electron chi connectivity index (χ3n) is 5.18. The number of aromatic nitrogens is 2. The van der Waals surface area contributed by atoms with Crippen molar-refractivity contribution in [2.75, 3.05) is 6.61 Å². The lowest BCUT2D eigenvalue weighted by atomic mass is 10.2. The summed E-state index contributed by atoms with van der Waals surface area (Å²) in [6.07, 6.45) is 5.45. The Morgan fingerprint density at radius 1 is 1.38 bits per heavy atom. The molecule has 4 rings (SSSR count). The maximum absolute atomic E-state index is 12.6. The lowest BCUT2D eigenvalue weighted by molar-refractivity contribution is 0.0694. The summed E-state index contributed by atoms with van der Waals surface area (Å²) in [6.45, 7) is 0.0154. The maximum Gasteiger partial charge on any atom is 0.341 e. The Labute approximate surface area is 149 Å². The maximum atomic E-state index is 12.6. The molecular formula is C17H18N2O6S. The Hall–Kier alpha value is -2.42. The summed E-state index contributed by atoms with van der Waals surface area (Å²) in [6, 6.07) is 1.26. The van der Waals surface area contributed by atoms with Crippen LogP contribution < -0.4 is 10.3 Å². The fourth-order valence-electron chi connectivity index (χ4n) is 3.26. The molecule has 2 aliphatic carbocycles. The van der Waals surface area contributed by atoms with Crippen LogP contribution in [0, 0.1) is 0 Å². The lowest BCUT2D eigenvalue weighted by Crippen LogP contribution is -2.33. The molecular weight excluding hydrogens is 360 g/mol. The molecule has 0 aromatic carbocycles. The van der Waals surface area contributed by atoms with E-state index >= 15 is 0 Å². The first-order valence-electron chi connectivity index (χ1n) is 8.34. The number of aromatic carboxylic acids is 1. The zero-order valence-corrected chi connectivity index (χ0v) is 15.0. The average molecular weight is 378 g/mol. The SMILES string of the molecule is Cn1c(=O)c(C(=O)O)cc2cncc(OCC3(S(=O)(=O)C4CC4)CC3)c21. The van der Waals surface area contributed by atoms with Gasteiger partial charge in [-0.25, -0.2) is 13.2 Å². The largest absolute Gasteiger partial charge is 0.488 e. The Bertz CT molecular complexity index is 1080. The summed E-state index contributed by atoms with van der Waals surface area (Å²) in [5, 5.41) is 9.35. The molecule has 2 fully saturated rings. The third-order valence-corrected chi connectivity index (χ3v) is 8.26. The van der Waals surface area contributed by atoms with E-state index < -0.39 is 26.1 Å². The van der Waals surface area contributed by atoms with Crippen molar-refractivity contribution >= 4 is 26.7 Å². The number of carboxylic acid groups (broad SMARTS) is 1. The van der Waals surface area contributed by atoms with Gasteiger partial charge in [0.15, 0.2) is 15.6 Å². The Kier molecular flexibility index (Phi) is 3.62. The molecule has 138 valence electrons. The van der Waals surface area contributed by atoms with E-state index in [1.165, 1.54) is 30.1 Å². The Balaban J connectivity index is 1.71. The van der Waals surface area contributed by atoms with E-state index in [9.17, 15) is 18.0 Å². The zero-order valence-electron chi connectivity index (χ0n) is 14.1. The van der Waals surface area contributed by atoms with Crippen LogP contribution in [0.2, 0.25) is 0 Å². The van der Waals surface area contributed by atoms with Gasteiger partial charge in [-0.2, -0.15) is 0 Å². The first-order chi connectivity index (χ1) is 12.3. The minimum Gasteiger partial charge on any atom is -0.488 e. The molecule has 26 heavy (non-hydrogen) atoms. The van der Waals surface area contributed by atoms with Gasteiger partial charge in [0.1, 0.15) is 16.9 Å². The average Bonchev–Trinajstić information content (AvgIpc) is 3.47. The van der Waals surface area contributed by atoms with Gasteiger partial charge < -0.3 is 14.4 Å². The number of aryl methyl sites for hydroxylation is 1. The van der Waals surface area contributed by atoms with Crippen molar-refractivity contribution < 1.29 is 23.1 Å². The molecule has 2 aromatic heterocycles. The van der Waals surface area contributed by atoms with Gasteiger partial charge in [0.25, 0.3) is 5.56 Å². The summed E-state index contributed by atoms with van der Waals surface area (Å²) in [7, 11) is -1.75. The van der Waals surface area contributed by atoms with E-state index in [-0.39, 0.29) is 23.2 Å². The quantitative estimate of drug-likeness (QED) is 0.801. The molecule has 0 unspecified atom stereocenters. The molecule has 8 nitrogen and oxygen atoms in total. The fraction of sp³-hybridized carbons (Fsp3) is 0.471. The Morgan fingerprint density at radius 2 is 2.08 bits per heavy atom. The first kappa shape index (κ1) is 17.0. The van der Waals surface area contributed by atoms with E-state index in [2.05, 4.69) is 4.98 Å². The van der Waals surface area contributed by atoms with E-state index in [0.717, 1.165) is 0 Å². The number of hydrogen-bond acceptors (Lipinski definition) is 6. The molecule has 1 N–H and O–H groups in total. The number of ether oxygens (including phenoxy) is 1. The number of carboxylic acids is 1. The van der Waals surface area contributed by atoms with Gasteiger partial charge in [-0.15, -0.1) is 0 Å². The van der Waals surface area contributed by atoms with E-state index in [1.54, 1.807) is 0 Å². The number of rotatable bonds is 6. The van der Waals surface area contributed by atoms with Crippen molar-refractivity contribution in [3.8, 4) is 5.75 Å². The summed E-state index contributed by atoms with van der Waals surface area (Å²) < 4.78 is 31.3. The number of nitrogens with zero attached hydrogens (tertiary/aromatic N) is 2. The second-order valence-electron chi connectivity index (χ2n) is 7.02. The van der Waals surface area contributed by atoms with Crippen LogP contribution in [-0.4, -0.2) is 45.6 Å². The van der Waals surface area contributed by atoms with Crippen molar-refractivity contribution in [1.29, 1.82) is 0 Å². The van der Waals surface area contributed by atoms with Gasteiger partial charge in [-0.3, -0.25) is 9.78 Å². The van der Waals surface area contributed by atoms with Crippen molar-refractivity contribution in [3.63, 3.8) is 0 Å². The van der Waals surface area contributed by atoms with Crippen LogP contribution in [-0.2, 0) is 16.9 Å². The number of sulfone groups is 1. The molecule has 2 saturated carbocycles. The number of pyridine rings is 2. The molecule has 2 aromatic rings. The van der Waals surface area contributed by atoms with Gasteiger partial charge >= 0.3 is 5.97 Å². The van der Waals surface area contributed by atoms with E-state index in [1.807, 2.05) is 0 Å². The van der Waals surface area contributed by atoms with Crippen molar-refractivity contribution in [2.45, 2.75) is 35.7 Å². The molecule has 0 radical (unpaired) electrons. The Morgan fingerprint density at radius 3 is 2.65 bits per heavy atom. The second-order valence-corrected chi connectivity index (χ2v) is 9.64. The standard InChI is InChI=1S/C17H18N2O6S/c1-19-14-10(6-12(15(19)20)16(21)22)7-18-8-13(14)25-9-17(4-5-17)26(23,24)11-2-3-11/h6-8,11H,2-5,9H2,1H3,(H,21,22). The highest BCUT2D eigenvalue weighted by molar-refractivity contribution is 7.94. The second kappa shape index (κ2) is 5.54. The molecule has 0 bridgehead atoms. The monoisotopic (exact) mass is 378 g/mol. The number of hydrogen-bond donors (Lipinski definition) is 1. The highest BCUT2D eigenvalue weighted by Crippen LogP contribution is 2.50. The number of fused-ring (bicyclic) bond motifs is 1. The van der Waals surface area contributed by atoms with Crippen LogP contribution in [0.3, 0.4) is 0 Å². The topological polar surface area (TPSA) is 116 Å². The zero-order chi connectivity index (χ0) is 18.7. The summed E-state index contributed by atoms with van der Waals surface area (Å²) in [5.41, 5.74) is -0.615. The van der Waals surface area contributed by atoms with Crippen LogP contribution >= 0.6 is 0 Å². The lowest BCUT2D eigenvalue weighted by Gasteiger charge is -2.18. The smallest absolute Gasteiger partial charge is 0.341 e. The van der Waals surface area contributed by atoms with Crippen molar-refractivity contribution in [1.82, 2.24) is 9.55 Å². The van der Waals surface area contributed by atoms with Crippen LogP contribution in [0.1, 0.15) is 36.0 Å². The van der Waals surface area contributed by atoms with Crippen molar-refractivity contribution in [2.24, 2.45) is 7.05 Å².